The van der Waals surface area contributed by atoms with Gasteiger partial charge in [-0.1, -0.05) is 5.21 Å². The van der Waals surface area contributed by atoms with Crippen LogP contribution in [0, 0.1) is 25.2 Å². The van der Waals surface area contributed by atoms with Gasteiger partial charge in [0.1, 0.15) is 17.5 Å². The molecule has 0 radical (unpaired) electrons. The van der Waals surface area contributed by atoms with Gasteiger partial charge in [0.2, 0.25) is 0 Å². The Balaban J connectivity index is 1.85. The summed E-state index contributed by atoms with van der Waals surface area (Å²) in [6, 6.07) is 4.13. The number of nitriles is 1. The lowest BCUT2D eigenvalue weighted by Crippen LogP contribution is -2.38. The maximum Gasteiger partial charge on any atom is 0.147 e. The van der Waals surface area contributed by atoms with E-state index in [4.69, 9.17) is 0 Å². The fourth-order valence-corrected chi connectivity index (χ4v) is 2.97. The van der Waals surface area contributed by atoms with Gasteiger partial charge in [-0.05, 0) is 31.9 Å². The van der Waals surface area contributed by atoms with Crippen molar-refractivity contribution < 1.29 is 5.11 Å². The summed E-state index contributed by atoms with van der Waals surface area (Å²) in [5.41, 5.74) is 1.48. The van der Waals surface area contributed by atoms with Gasteiger partial charge in [-0.15, -0.1) is 5.10 Å². The van der Waals surface area contributed by atoms with Gasteiger partial charge in [0.25, 0.3) is 0 Å². The molecule has 22 heavy (non-hydrogen) atoms. The molecule has 7 heteroatoms. The fourth-order valence-electron chi connectivity index (χ4n) is 2.97. The standard InChI is InChI=1S/C15H18N6O/c1-11-7-12(2)18-14(13(11)8-16)20-5-3-15(22,9-20)10-21-6-4-17-19-21/h4,6-7,22H,3,5,9-10H2,1-2H3. The predicted octanol–water partition coefficient (Wildman–Crippen LogP) is 0.803. The van der Waals surface area contributed by atoms with Crippen molar-refractivity contribution in [1.82, 2.24) is 20.0 Å². The summed E-state index contributed by atoms with van der Waals surface area (Å²) in [7, 11) is 0. The molecule has 0 bridgehead atoms. The fraction of sp³-hybridized carbons (Fsp3) is 0.467. The van der Waals surface area contributed by atoms with Crippen molar-refractivity contribution in [3.05, 3.63) is 35.3 Å². The number of anilines is 1. The number of rotatable bonds is 3. The first-order chi connectivity index (χ1) is 10.5. The number of hydrogen-bond donors (Lipinski definition) is 1. The van der Waals surface area contributed by atoms with Gasteiger partial charge in [-0.2, -0.15) is 5.26 Å². The quantitative estimate of drug-likeness (QED) is 0.901. The minimum atomic E-state index is -0.889. The highest BCUT2D eigenvalue weighted by molar-refractivity contribution is 5.59. The molecule has 1 atom stereocenters. The van der Waals surface area contributed by atoms with Crippen molar-refractivity contribution >= 4 is 5.82 Å². The van der Waals surface area contributed by atoms with Gasteiger partial charge < -0.3 is 10.0 Å². The van der Waals surface area contributed by atoms with Gasteiger partial charge in [-0.3, -0.25) is 0 Å². The van der Waals surface area contributed by atoms with Gasteiger partial charge in [-0.25, -0.2) is 9.67 Å². The monoisotopic (exact) mass is 298 g/mol. The third-order valence-corrected chi connectivity index (χ3v) is 4.00. The summed E-state index contributed by atoms with van der Waals surface area (Å²) >= 11 is 0. The molecule has 3 heterocycles. The van der Waals surface area contributed by atoms with Crippen molar-refractivity contribution in [2.75, 3.05) is 18.0 Å². The number of pyridine rings is 1. The molecule has 2 aromatic heterocycles. The molecule has 1 N–H and O–H groups in total. The van der Waals surface area contributed by atoms with Crippen LogP contribution in [0.3, 0.4) is 0 Å². The van der Waals surface area contributed by atoms with Crippen molar-refractivity contribution in [3.8, 4) is 6.07 Å². The second-order valence-electron chi connectivity index (χ2n) is 5.89. The maximum absolute atomic E-state index is 10.8. The SMILES string of the molecule is Cc1cc(C)c(C#N)c(N2CCC(O)(Cn3ccnn3)C2)n1. The van der Waals surface area contributed by atoms with Crippen molar-refractivity contribution in [2.45, 2.75) is 32.4 Å². The van der Waals surface area contributed by atoms with E-state index in [0.717, 1.165) is 11.3 Å². The number of aryl methyl sites for hydroxylation is 2. The van der Waals surface area contributed by atoms with E-state index < -0.39 is 5.60 Å². The van der Waals surface area contributed by atoms with Crippen LogP contribution in [0.2, 0.25) is 0 Å². The number of aliphatic hydroxyl groups is 1. The third-order valence-electron chi connectivity index (χ3n) is 4.00. The average molecular weight is 298 g/mol. The van der Waals surface area contributed by atoms with Gasteiger partial charge in [0, 0.05) is 18.4 Å². The Kier molecular flexibility index (Phi) is 3.54. The highest BCUT2D eigenvalue weighted by Gasteiger charge is 2.38. The Morgan fingerprint density at radius 1 is 1.45 bits per heavy atom. The molecule has 1 fully saturated rings. The van der Waals surface area contributed by atoms with Crippen LogP contribution in [0.25, 0.3) is 0 Å². The van der Waals surface area contributed by atoms with Crippen LogP contribution < -0.4 is 4.90 Å². The Morgan fingerprint density at radius 3 is 2.95 bits per heavy atom. The van der Waals surface area contributed by atoms with Gasteiger partial charge >= 0.3 is 0 Å². The molecule has 7 nitrogen and oxygen atoms in total. The highest BCUT2D eigenvalue weighted by atomic mass is 16.3. The predicted molar refractivity (Wildman–Crippen MR) is 80.2 cm³/mol. The molecular formula is C15H18N6O. The zero-order valence-corrected chi connectivity index (χ0v) is 12.7. The summed E-state index contributed by atoms with van der Waals surface area (Å²) in [6.45, 7) is 5.30. The molecule has 3 rings (SSSR count). The highest BCUT2D eigenvalue weighted by Crippen LogP contribution is 2.30. The van der Waals surface area contributed by atoms with Gasteiger partial charge in [0.05, 0.1) is 24.8 Å². The maximum atomic E-state index is 10.8. The second-order valence-corrected chi connectivity index (χ2v) is 5.89. The average Bonchev–Trinajstić information content (AvgIpc) is 3.08. The molecule has 0 aliphatic carbocycles. The first kappa shape index (κ1) is 14.5. The summed E-state index contributed by atoms with van der Waals surface area (Å²) < 4.78 is 1.63. The lowest BCUT2D eigenvalue weighted by atomic mass is 10.0. The number of hydrogen-bond acceptors (Lipinski definition) is 6. The van der Waals surface area contributed by atoms with Crippen molar-refractivity contribution in [3.63, 3.8) is 0 Å². The largest absolute Gasteiger partial charge is 0.386 e. The van der Waals surface area contributed by atoms with E-state index in [2.05, 4.69) is 21.4 Å². The summed E-state index contributed by atoms with van der Waals surface area (Å²) in [6.07, 6.45) is 3.93. The Hall–Kier alpha value is -2.46. The Morgan fingerprint density at radius 2 is 2.27 bits per heavy atom. The molecule has 114 valence electrons. The lowest BCUT2D eigenvalue weighted by molar-refractivity contribution is 0.0408. The van der Waals surface area contributed by atoms with E-state index in [9.17, 15) is 10.4 Å². The molecule has 1 aliphatic rings. The van der Waals surface area contributed by atoms with Crippen LogP contribution in [0.5, 0.6) is 0 Å². The minimum absolute atomic E-state index is 0.385. The van der Waals surface area contributed by atoms with E-state index in [1.54, 1.807) is 17.1 Å². The molecule has 0 amide bonds. The smallest absolute Gasteiger partial charge is 0.147 e. The second kappa shape index (κ2) is 5.39. The van der Waals surface area contributed by atoms with E-state index in [0.29, 0.717) is 37.4 Å². The first-order valence-corrected chi connectivity index (χ1v) is 7.20. The lowest BCUT2D eigenvalue weighted by Gasteiger charge is -2.24. The molecule has 0 aromatic carbocycles. The van der Waals surface area contributed by atoms with Crippen LogP contribution >= 0.6 is 0 Å². The molecule has 1 aliphatic heterocycles. The minimum Gasteiger partial charge on any atom is -0.386 e. The summed E-state index contributed by atoms with van der Waals surface area (Å²) in [4.78, 5) is 6.49. The van der Waals surface area contributed by atoms with E-state index in [1.165, 1.54) is 0 Å². The van der Waals surface area contributed by atoms with Crippen LogP contribution in [0.15, 0.2) is 18.5 Å². The molecule has 1 saturated heterocycles. The van der Waals surface area contributed by atoms with Crippen LogP contribution in [-0.2, 0) is 6.54 Å². The van der Waals surface area contributed by atoms with E-state index >= 15 is 0 Å². The number of aromatic nitrogens is 4. The Bertz CT molecular complexity index is 720. The molecule has 0 spiro atoms. The van der Waals surface area contributed by atoms with Crippen LogP contribution in [0.4, 0.5) is 5.82 Å². The number of β-amino-alcohol motifs (C(OH)–C–C–N with tert-alkyl or cyclic N) is 1. The molecule has 2 aromatic rings. The normalized spacial score (nSPS) is 21.1. The van der Waals surface area contributed by atoms with Crippen molar-refractivity contribution in [2.24, 2.45) is 0 Å². The molecular weight excluding hydrogens is 280 g/mol. The Labute approximate surface area is 128 Å². The number of nitrogens with zero attached hydrogens (tertiary/aromatic N) is 6. The zero-order valence-electron chi connectivity index (χ0n) is 12.7. The third kappa shape index (κ3) is 2.65. The molecule has 1 unspecified atom stereocenters. The van der Waals surface area contributed by atoms with Crippen molar-refractivity contribution in [1.29, 1.82) is 5.26 Å². The zero-order chi connectivity index (χ0) is 15.7. The van der Waals surface area contributed by atoms with Gasteiger partial charge in [0.15, 0.2) is 0 Å². The first-order valence-electron chi connectivity index (χ1n) is 7.20. The molecule has 0 saturated carbocycles. The van der Waals surface area contributed by atoms with E-state index in [1.807, 2.05) is 24.8 Å². The summed E-state index contributed by atoms with van der Waals surface area (Å²) in [5, 5.41) is 27.8. The topological polar surface area (TPSA) is 90.9 Å². The summed E-state index contributed by atoms with van der Waals surface area (Å²) in [5.74, 6) is 0.662. The van der Waals surface area contributed by atoms with Crippen LogP contribution in [0.1, 0.15) is 23.2 Å². The van der Waals surface area contributed by atoms with E-state index in [-0.39, 0.29) is 0 Å². The van der Waals surface area contributed by atoms with Crippen LogP contribution in [-0.4, -0.2) is 43.8 Å².